The van der Waals surface area contributed by atoms with Crippen LogP contribution in [0.5, 0.6) is 0 Å². The lowest BCUT2D eigenvalue weighted by Crippen LogP contribution is -2.70. The maximum Gasteiger partial charge on any atom is 0.306 e. The summed E-state index contributed by atoms with van der Waals surface area (Å²) in [4.78, 5) is 38.3. The molecule has 4 aliphatic carbocycles. The van der Waals surface area contributed by atoms with E-state index in [4.69, 9.17) is 4.74 Å². The average molecular weight is 551 g/mol. The zero-order chi connectivity index (χ0) is 28.1. The highest BCUT2D eigenvalue weighted by molar-refractivity contribution is 7.96. The van der Waals surface area contributed by atoms with Crippen LogP contribution in [-0.4, -0.2) is 45.5 Å². The second-order valence-corrected chi connectivity index (χ2v) is 12.7. The van der Waals surface area contributed by atoms with Crippen molar-refractivity contribution in [3.05, 3.63) is 36.5 Å². The van der Waals surface area contributed by atoms with Crippen molar-refractivity contribution in [1.29, 1.82) is 0 Å². The van der Waals surface area contributed by atoms with Crippen molar-refractivity contribution >= 4 is 29.5 Å². The molecule has 8 heteroatoms. The summed E-state index contributed by atoms with van der Waals surface area (Å²) < 4.78 is 39.0. The predicted octanol–water partition coefficient (Wildman–Crippen LogP) is 5.82. The summed E-state index contributed by atoms with van der Waals surface area (Å²) in [5.41, 5.74) is -6.52. The first-order valence-corrected chi connectivity index (χ1v) is 14.3. The lowest BCUT2D eigenvalue weighted by atomic mass is 9.44. The molecule has 0 aromatic heterocycles. The molecule has 4 rings (SSSR count). The number of unbranched alkanes of at least 4 members (excludes halogenated alkanes) is 4. The van der Waals surface area contributed by atoms with Gasteiger partial charge in [-0.1, -0.05) is 38.8 Å². The molecule has 1 N–H and O–H groups in total. The van der Waals surface area contributed by atoms with E-state index >= 15 is 8.78 Å². The first-order chi connectivity index (χ1) is 17.8. The summed E-state index contributed by atoms with van der Waals surface area (Å²) in [6.45, 7) is 8.78. The first kappa shape index (κ1) is 29.2. The third-order valence-corrected chi connectivity index (χ3v) is 10.6. The molecule has 0 amide bonds. The molecule has 4 aliphatic rings. The Morgan fingerprint density at radius 1 is 1.21 bits per heavy atom. The Bertz CT molecular complexity index is 1070. The van der Waals surface area contributed by atoms with Crippen LogP contribution >= 0.6 is 12.6 Å². The number of carbonyl (C=O) groups is 3. The molecular weight excluding hydrogens is 510 g/mol. The number of halogens is 2. The number of hydrogen-bond donors (Lipinski definition) is 2. The number of aliphatic hydroxyl groups excluding tert-OH is 1. The lowest BCUT2D eigenvalue weighted by molar-refractivity contribution is -0.228. The van der Waals surface area contributed by atoms with E-state index in [0.29, 0.717) is 12.8 Å². The minimum absolute atomic E-state index is 0.0495. The topological polar surface area (TPSA) is 80.7 Å². The van der Waals surface area contributed by atoms with Crippen LogP contribution < -0.4 is 0 Å². The van der Waals surface area contributed by atoms with E-state index in [1.807, 2.05) is 6.08 Å². The fraction of sp³-hybridized carbons (Fsp3) is 0.700. The molecule has 3 fully saturated rings. The minimum Gasteiger partial charge on any atom is -0.449 e. The third kappa shape index (κ3) is 4.07. The molecule has 0 unspecified atom stereocenters. The van der Waals surface area contributed by atoms with Crippen LogP contribution in [-0.2, 0) is 19.1 Å². The average Bonchev–Trinajstić information content (AvgIpc) is 3.06. The first-order valence-electron chi connectivity index (χ1n) is 13.8. The van der Waals surface area contributed by atoms with E-state index in [-0.39, 0.29) is 24.8 Å². The minimum atomic E-state index is -2.26. The van der Waals surface area contributed by atoms with Gasteiger partial charge in [0.15, 0.2) is 17.1 Å². The fourth-order valence-corrected chi connectivity index (χ4v) is 8.90. The van der Waals surface area contributed by atoms with Crippen LogP contribution in [0.1, 0.15) is 78.6 Å². The van der Waals surface area contributed by atoms with Crippen LogP contribution in [0, 0.1) is 28.6 Å². The molecular formula is C30H40F2O5S. The zero-order valence-electron chi connectivity index (χ0n) is 22.6. The molecule has 210 valence electrons. The van der Waals surface area contributed by atoms with Gasteiger partial charge < -0.3 is 9.84 Å². The van der Waals surface area contributed by atoms with Crippen molar-refractivity contribution in [2.45, 2.75) is 102 Å². The Labute approximate surface area is 229 Å². The Morgan fingerprint density at radius 3 is 2.55 bits per heavy atom. The Balaban J connectivity index is 1.65. The second-order valence-electron chi connectivity index (χ2n) is 12.3. The molecule has 0 aliphatic heterocycles. The van der Waals surface area contributed by atoms with E-state index in [2.05, 4.69) is 19.2 Å². The van der Waals surface area contributed by atoms with Crippen molar-refractivity contribution in [3.8, 4) is 0 Å². The summed E-state index contributed by atoms with van der Waals surface area (Å²) in [6.07, 6.45) is 6.90. The van der Waals surface area contributed by atoms with Crippen LogP contribution in [0.25, 0.3) is 0 Å². The van der Waals surface area contributed by atoms with Crippen LogP contribution in [0.3, 0.4) is 0 Å². The van der Waals surface area contributed by atoms with Crippen LogP contribution in [0.4, 0.5) is 8.78 Å². The Morgan fingerprint density at radius 2 is 1.89 bits per heavy atom. The van der Waals surface area contributed by atoms with Crippen molar-refractivity contribution in [2.24, 2.45) is 28.6 Å². The molecule has 5 nitrogen and oxygen atoms in total. The summed E-state index contributed by atoms with van der Waals surface area (Å²) in [6, 6.07) is 0. The SMILES string of the molecule is C=CCCCCCCC(=O)O[C@]1(C(=O)S)[C@H](C)C[C@H]2[C@@H]3C[C@H](F)C4=CC(=O)C=C[C@]4(C)[C@@]3(F)[C@@H](O)C[C@@]21C. The predicted molar refractivity (Wildman–Crippen MR) is 144 cm³/mol. The normalized spacial score (nSPS) is 43.5. The lowest BCUT2D eigenvalue weighted by Gasteiger charge is -2.63. The number of alkyl halides is 2. The number of thiol groups is 1. The standard InChI is InChI=1S/C30H40F2O5S/c1-5-6-7-8-9-10-11-25(35)37-30(26(36)38)18(2)14-20-21-16-23(31)22-15-19(33)12-13-27(22,3)29(21,32)24(34)17-28(20,30)4/h5,12-13,15,18,20-21,23-24,34H,1,6-11,14,16-17H2,2-4H3,(H,36,38)/t18-,20+,21+,23+,24+,27+,28+,29+,30+/m1/s1. The van der Waals surface area contributed by atoms with E-state index in [1.165, 1.54) is 19.1 Å². The van der Waals surface area contributed by atoms with Gasteiger partial charge in [-0.3, -0.25) is 14.4 Å². The highest BCUT2D eigenvalue weighted by Gasteiger charge is 2.77. The number of rotatable bonds is 9. The highest BCUT2D eigenvalue weighted by atomic mass is 32.1. The van der Waals surface area contributed by atoms with E-state index in [1.54, 1.807) is 13.8 Å². The molecule has 0 saturated heterocycles. The van der Waals surface area contributed by atoms with Gasteiger partial charge >= 0.3 is 5.97 Å². The number of carbonyl (C=O) groups excluding carboxylic acids is 3. The quantitative estimate of drug-likeness (QED) is 0.164. The number of allylic oxidation sites excluding steroid dienone is 5. The smallest absolute Gasteiger partial charge is 0.306 e. The van der Waals surface area contributed by atoms with Crippen LogP contribution in [0.2, 0.25) is 0 Å². The van der Waals surface area contributed by atoms with Crippen molar-refractivity contribution in [2.75, 3.05) is 0 Å². The number of esters is 1. The largest absolute Gasteiger partial charge is 0.449 e. The summed E-state index contributed by atoms with van der Waals surface area (Å²) in [7, 11) is 0. The summed E-state index contributed by atoms with van der Waals surface area (Å²) >= 11 is 4.19. The Kier molecular flexibility index (Phi) is 7.92. The number of fused-ring (bicyclic) bond motifs is 5. The number of ketones is 1. The molecule has 0 heterocycles. The molecule has 0 spiro atoms. The van der Waals surface area contributed by atoms with E-state index in [9.17, 15) is 19.5 Å². The molecule has 9 atom stereocenters. The van der Waals surface area contributed by atoms with Gasteiger partial charge in [0.1, 0.15) is 6.17 Å². The van der Waals surface area contributed by atoms with Gasteiger partial charge in [-0.25, -0.2) is 8.78 Å². The molecule has 0 aromatic carbocycles. The molecule has 38 heavy (non-hydrogen) atoms. The second kappa shape index (κ2) is 10.3. The number of aliphatic hydroxyl groups is 1. The fourth-order valence-electron chi connectivity index (χ4n) is 8.38. The van der Waals surface area contributed by atoms with Gasteiger partial charge in [-0.15, -0.1) is 19.2 Å². The zero-order valence-corrected chi connectivity index (χ0v) is 23.4. The van der Waals surface area contributed by atoms with Gasteiger partial charge in [0.05, 0.1) is 6.10 Å². The van der Waals surface area contributed by atoms with Gasteiger partial charge in [-0.05, 0) is 69.1 Å². The van der Waals surface area contributed by atoms with Crippen LogP contribution in [0.15, 0.2) is 36.5 Å². The molecule has 0 radical (unpaired) electrons. The molecule has 0 bridgehead atoms. The Hall–Kier alpha value is -1.80. The summed E-state index contributed by atoms with van der Waals surface area (Å²) in [5.74, 6) is -2.92. The number of hydrogen-bond acceptors (Lipinski definition) is 5. The maximum atomic E-state index is 17.3. The van der Waals surface area contributed by atoms with Crippen molar-refractivity contribution in [3.63, 3.8) is 0 Å². The molecule has 3 saturated carbocycles. The van der Waals surface area contributed by atoms with Gasteiger partial charge in [0, 0.05) is 29.1 Å². The van der Waals surface area contributed by atoms with Gasteiger partial charge in [0.25, 0.3) is 0 Å². The van der Waals surface area contributed by atoms with Gasteiger partial charge in [0.2, 0.25) is 5.12 Å². The maximum absolute atomic E-state index is 17.3. The van der Waals surface area contributed by atoms with E-state index < -0.39 is 69.0 Å². The number of ether oxygens (including phenoxy) is 1. The molecule has 0 aromatic rings. The summed E-state index contributed by atoms with van der Waals surface area (Å²) in [5, 5.41) is 10.9. The highest BCUT2D eigenvalue weighted by Crippen LogP contribution is 2.71. The van der Waals surface area contributed by atoms with Crippen molar-refractivity contribution < 1.29 is 33.0 Å². The monoisotopic (exact) mass is 550 g/mol. The van der Waals surface area contributed by atoms with E-state index in [0.717, 1.165) is 31.8 Å². The third-order valence-electron chi connectivity index (χ3n) is 10.3. The van der Waals surface area contributed by atoms with Crippen molar-refractivity contribution in [1.82, 2.24) is 0 Å². The van der Waals surface area contributed by atoms with Gasteiger partial charge in [-0.2, -0.15) is 0 Å².